The number of nitrogens with one attached hydrogen (secondary N) is 2. The van der Waals surface area contributed by atoms with Crippen LogP contribution in [-0.4, -0.2) is 43.6 Å². The van der Waals surface area contributed by atoms with E-state index in [0.29, 0.717) is 27.7 Å². The van der Waals surface area contributed by atoms with Crippen LogP contribution in [0.1, 0.15) is 31.8 Å². The third-order valence-corrected chi connectivity index (χ3v) is 6.19. The summed E-state index contributed by atoms with van der Waals surface area (Å²) in [6.45, 7) is 0.160. The maximum atomic E-state index is 13.7. The van der Waals surface area contributed by atoms with Gasteiger partial charge in [0.15, 0.2) is 0 Å². The number of carbonyl (C=O) groups excluding carboxylic acids is 3. The highest BCUT2D eigenvalue weighted by molar-refractivity contribution is 6.31. The van der Waals surface area contributed by atoms with Gasteiger partial charge in [0.1, 0.15) is 18.2 Å². The normalized spacial score (nSPS) is 14.9. The fourth-order valence-corrected chi connectivity index (χ4v) is 4.27. The number of hydrogen-bond donors (Lipinski definition) is 2. The summed E-state index contributed by atoms with van der Waals surface area (Å²) in [5, 5.41) is 5.98. The van der Waals surface area contributed by atoms with E-state index in [4.69, 9.17) is 11.6 Å². The summed E-state index contributed by atoms with van der Waals surface area (Å²) in [5.41, 5.74) is 2.73. The van der Waals surface area contributed by atoms with Crippen molar-refractivity contribution in [3.05, 3.63) is 113 Å². The third kappa shape index (κ3) is 5.46. The predicted molar refractivity (Wildman–Crippen MR) is 138 cm³/mol. The van der Waals surface area contributed by atoms with Crippen LogP contribution < -0.4 is 10.6 Å². The van der Waals surface area contributed by atoms with E-state index in [-0.39, 0.29) is 30.7 Å². The number of carbonyl (C=O) groups is 3. The summed E-state index contributed by atoms with van der Waals surface area (Å²) in [6.07, 6.45) is 6.50. The average molecular weight is 513 g/mol. The van der Waals surface area contributed by atoms with Gasteiger partial charge in [0, 0.05) is 42.1 Å². The number of amides is 3. The Balaban J connectivity index is 1.42. The first-order chi connectivity index (χ1) is 18.0. The molecule has 2 aromatic heterocycles. The first-order valence-electron chi connectivity index (χ1n) is 11.4. The van der Waals surface area contributed by atoms with Crippen molar-refractivity contribution in [2.75, 3.05) is 10.6 Å². The largest absolute Gasteiger partial charge is 0.323 e. The molecule has 4 aromatic rings. The molecule has 37 heavy (non-hydrogen) atoms. The van der Waals surface area contributed by atoms with Crippen molar-refractivity contribution < 1.29 is 14.4 Å². The number of nitrogens with zero attached hydrogens (tertiary/aromatic N) is 4. The van der Waals surface area contributed by atoms with Crippen LogP contribution in [0.4, 0.5) is 11.5 Å². The van der Waals surface area contributed by atoms with Crippen LogP contribution in [0.3, 0.4) is 0 Å². The molecule has 3 heterocycles. The van der Waals surface area contributed by atoms with Gasteiger partial charge in [0.2, 0.25) is 5.91 Å². The van der Waals surface area contributed by atoms with E-state index < -0.39 is 6.04 Å². The first kappa shape index (κ1) is 24.1. The molecule has 0 fully saturated rings. The predicted octanol–water partition coefficient (Wildman–Crippen LogP) is 3.98. The number of pyridine rings is 1. The Kier molecular flexibility index (Phi) is 6.87. The molecule has 10 heteroatoms. The van der Waals surface area contributed by atoms with E-state index in [9.17, 15) is 14.4 Å². The number of rotatable bonds is 6. The van der Waals surface area contributed by atoms with Crippen molar-refractivity contribution in [2.45, 2.75) is 19.0 Å². The van der Waals surface area contributed by atoms with Gasteiger partial charge >= 0.3 is 0 Å². The van der Waals surface area contributed by atoms with Gasteiger partial charge < -0.3 is 15.5 Å². The number of aromatic nitrogens is 3. The van der Waals surface area contributed by atoms with Gasteiger partial charge in [-0.3, -0.25) is 19.4 Å². The van der Waals surface area contributed by atoms with E-state index in [2.05, 4.69) is 25.6 Å². The lowest BCUT2D eigenvalue weighted by Crippen LogP contribution is -2.46. The minimum absolute atomic E-state index is 0.160. The van der Waals surface area contributed by atoms with E-state index in [1.807, 2.05) is 6.07 Å². The van der Waals surface area contributed by atoms with Crippen LogP contribution in [0.2, 0.25) is 5.02 Å². The molecule has 2 N–H and O–H groups in total. The van der Waals surface area contributed by atoms with Crippen molar-refractivity contribution in [3.63, 3.8) is 0 Å². The van der Waals surface area contributed by atoms with E-state index in [1.54, 1.807) is 67.0 Å². The second kappa shape index (κ2) is 10.5. The third-order valence-electron chi connectivity index (χ3n) is 5.95. The molecule has 2 aromatic carbocycles. The molecule has 184 valence electrons. The molecule has 3 amide bonds. The van der Waals surface area contributed by atoms with Gasteiger partial charge in [-0.2, -0.15) is 0 Å². The van der Waals surface area contributed by atoms with Crippen molar-refractivity contribution >= 4 is 40.8 Å². The van der Waals surface area contributed by atoms with E-state index >= 15 is 0 Å². The Hall–Kier alpha value is -4.63. The molecule has 0 saturated heterocycles. The van der Waals surface area contributed by atoms with E-state index in [0.717, 1.165) is 11.1 Å². The SMILES string of the molecule is O=C(Nc1ccncn1)c1ccc(CN2C(=O)c3ccc(Cl)cc3NC(=O)[C@H]2Cc2cccnc2)cc1. The minimum atomic E-state index is -0.788. The molecular formula is C27H21ClN6O3. The van der Waals surface area contributed by atoms with Gasteiger partial charge in [-0.05, 0) is 53.6 Å². The highest BCUT2D eigenvalue weighted by atomic mass is 35.5. The molecule has 5 rings (SSSR count). The summed E-state index contributed by atoms with van der Waals surface area (Å²) in [5.74, 6) is -0.554. The Bertz CT molecular complexity index is 1450. The number of fused-ring (bicyclic) bond motifs is 1. The molecule has 0 unspecified atom stereocenters. The zero-order valence-electron chi connectivity index (χ0n) is 19.5. The van der Waals surface area contributed by atoms with Crippen LogP contribution in [0.15, 0.2) is 85.6 Å². The van der Waals surface area contributed by atoms with Crippen molar-refractivity contribution in [2.24, 2.45) is 0 Å². The second-order valence-electron chi connectivity index (χ2n) is 8.44. The van der Waals surface area contributed by atoms with Crippen LogP contribution in [0.25, 0.3) is 0 Å². The van der Waals surface area contributed by atoms with Gasteiger partial charge in [0.05, 0.1) is 11.3 Å². The highest BCUT2D eigenvalue weighted by Gasteiger charge is 2.35. The lowest BCUT2D eigenvalue weighted by Gasteiger charge is -2.29. The molecule has 0 saturated carbocycles. The smallest absolute Gasteiger partial charge is 0.256 e. The lowest BCUT2D eigenvalue weighted by molar-refractivity contribution is -0.120. The standard InChI is InChI=1S/C27H21ClN6O3/c28-20-7-8-21-22(13-20)32-26(36)23(12-18-2-1-10-29-14-18)34(27(21)37)15-17-3-5-19(6-4-17)25(35)33-24-9-11-30-16-31-24/h1-11,13-14,16,23H,12,15H2,(H,32,36)(H,30,31,33,35)/t23-/m1/s1. The quantitative estimate of drug-likeness (QED) is 0.403. The van der Waals surface area contributed by atoms with Crippen molar-refractivity contribution in [3.8, 4) is 0 Å². The maximum absolute atomic E-state index is 13.7. The van der Waals surface area contributed by atoms with Crippen LogP contribution >= 0.6 is 11.6 Å². The molecule has 0 aliphatic carbocycles. The summed E-state index contributed by atoms with van der Waals surface area (Å²) in [4.78, 5) is 53.1. The van der Waals surface area contributed by atoms with Gasteiger partial charge in [-0.25, -0.2) is 9.97 Å². The summed E-state index contributed by atoms with van der Waals surface area (Å²) in [7, 11) is 0. The molecule has 1 aliphatic rings. The fraction of sp³-hybridized carbons (Fsp3) is 0.111. The van der Waals surface area contributed by atoms with Gasteiger partial charge in [-0.15, -0.1) is 0 Å². The average Bonchev–Trinajstić information content (AvgIpc) is 3.00. The molecule has 0 spiro atoms. The molecule has 1 aliphatic heterocycles. The number of anilines is 2. The molecule has 9 nitrogen and oxygen atoms in total. The Morgan fingerprint density at radius 1 is 1.00 bits per heavy atom. The Morgan fingerprint density at radius 2 is 1.84 bits per heavy atom. The summed E-state index contributed by atoms with van der Waals surface area (Å²) < 4.78 is 0. The van der Waals surface area contributed by atoms with Crippen molar-refractivity contribution in [1.29, 1.82) is 0 Å². The van der Waals surface area contributed by atoms with E-state index in [1.165, 1.54) is 17.4 Å². The number of hydrogen-bond acceptors (Lipinski definition) is 6. The fourth-order valence-electron chi connectivity index (χ4n) is 4.10. The minimum Gasteiger partial charge on any atom is -0.323 e. The molecular weight excluding hydrogens is 492 g/mol. The van der Waals surface area contributed by atoms with Crippen LogP contribution in [0, 0.1) is 0 Å². The van der Waals surface area contributed by atoms with Crippen molar-refractivity contribution in [1.82, 2.24) is 19.9 Å². The number of benzene rings is 2. The van der Waals surface area contributed by atoms with Crippen LogP contribution in [0.5, 0.6) is 0 Å². The van der Waals surface area contributed by atoms with Gasteiger partial charge in [0.25, 0.3) is 11.8 Å². The van der Waals surface area contributed by atoms with Gasteiger partial charge in [-0.1, -0.05) is 29.8 Å². The molecule has 0 bridgehead atoms. The second-order valence-corrected chi connectivity index (χ2v) is 8.88. The summed E-state index contributed by atoms with van der Waals surface area (Å²) >= 11 is 6.12. The first-order valence-corrected chi connectivity index (χ1v) is 11.8. The zero-order chi connectivity index (χ0) is 25.8. The molecule has 0 radical (unpaired) electrons. The highest BCUT2D eigenvalue weighted by Crippen LogP contribution is 2.29. The topological polar surface area (TPSA) is 117 Å². The zero-order valence-corrected chi connectivity index (χ0v) is 20.2. The Labute approximate surface area is 217 Å². The monoisotopic (exact) mass is 512 g/mol. The Morgan fingerprint density at radius 3 is 2.57 bits per heavy atom. The summed E-state index contributed by atoms with van der Waals surface area (Å²) in [6, 6.07) is 16.1. The molecule has 1 atom stereocenters. The number of halogens is 1. The van der Waals surface area contributed by atoms with Crippen LogP contribution in [-0.2, 0) is 17.8 Å². The lowest BCUT2D eigenvalue weighted by atomic mass is 10.0. The maximum Gasteiger partial charge on any atom is 0.256 e.